The van der Waals surface area contributed by atoms with Crippen molar-refractivity contribution >= 4 is 22.8 Å². The van der Waals surface area contributed by atoms with Gasteiger partial charge in [0.05, 0.1) is 17.1 Å². The first kappa shape index (κ1) is 21.9. The Bertz CT molecular complexity index is 1120. The van der Waals surface area contributed by atoms with Gasteiger partial charge in [-0.05, 0) is 25.5 Å². The predicted octanol–water partition coefficient (Wildman–Crippen LogP) is 4.78. The minimum absolute atomic E-state index is 0.0296. The van der Waals surface area contributed by atoms with E-state index in [-0.39, 0.29) is 34.8 Å². The van der Waals surface area contributed by atoms with Crippen molar-refractivity contribution < 1.29 is 18.3 Å². The molecule has 8 heteroatoms. The average molecular weight is 440 g/mol. The van der Waals surface area contributed by atoms with Crippen LogP contribution < -0.4 is 9.64 Å². The van der Waals surface area contributed by atoms with Gasteiger partial charge >= 0.3 is 0 Å². The standard InChI is InChI=1S/C24H26F2N4O2/c1-4-30(24(31)15(2)3)16-10-11-29(14-16)22-23(32-17-8-6-5-7-9-17)28-21-13-19(26)18(25)12-20(21)27-22/h5-9,12-13,15-16H,4,10-11,14H2,1-3H3/t16-/m0/s1. The van der Waals surface area contributed by atoms with Gasteiger partial charge in [0.15, 0.2) is 17.5 Å². The lowest BCUT2D eigenvalue weighted by atomic mass is 10.1. The minimum Gasteiger partial charge on any atom is -0.436 e. The number of carbonyl (C=O) groups is 1. The second-order valence-corrected chi connectivity index (χ2v) is 8.19. The van der Waals surface area contributed by atoms with Gasteiger partial charge in [0.25, 0.3) is 5.88 Å². The lowest BCUT2D eigenvalue weighted by Crippen LogP contribution is -2.43. The van der Waals surface area contributed by atoms with E-state index in [1.54, 1.807) is 12.1 Å². The number of halogens is 2. The van der Waals surface area contributed by atoms with Crippen molar-refractivity contribution in [2.75, 3.05) is 24.5 Å². The summed E-state index contributed by atoms with van der Waals surface area (Å²) in [5.74, 6) is -0.713. The van der Waals surface area contributed by atoms with Gasteiger partial charge < -0.3 is 14.5 Å². The number of para-hydroxylation sites is 1. The van der Waals surface area contributed by atoms with Crippen LogP contribution in [0.4, 0.5) is 14.6 Å². The Hall–Kier alpha value is -3.29. The highest BCUT2D eigenvalue weighted by molar-refractivity contribution is 5.79. The molecule has 6 nitrogen and oxygen atoms in total. The molecule has 2 heterocycles. The minimum atomic E-state index is -0.989. The molecule has 0 unspecified atom stereocenters. The molecule has 1 fully saturated rings. The number of hydrogen-bond acceptors (Lipinski definition) is 5. The van der Waals surface area contributed by atoms with Gasteiger partial charge in [-0.25, -0.2) is 18.7 Å². The molecule has 4 rings (SSSR count). The van der Waals surface area contributed by atoms with Gasteiger partial charge in [-0.1, -0.05) is 32.0 Å². The largest absolute Gasteiger partial charge is 0.436 e. The van der Waals surface area contributed by atoms with Crippen LogP contribution in [0.2, 0.25) is 0 Å². The highest BCUT2D eigenvalue weighted by Crippen LogP contribution is 2.34. The summed E-state index contributed by atoms with van der Waals surface area (Å²) < 4.78 is 33.6. The number of aromatic nitrogens is 2. The van der Waals surface area contributed by atoms with Crippen molar-refractivity contribution in [1.82, 2.24) is 14.9 Å². The molecule has 1 aromatic heterocycles. The van der Waals surface area contributed by atoms with Crippen molar-refractivity contribution in [3.05, 3.63) is 54.1 Å². The molecule has 0 spiro atoms. The maximum absolute atomic E-state index is 13.9. The van der Waals surface area contributed by atoms with E-state index >= 15 is 0 Å². The Morgan fingerprint density at radius 3 is 2.44 bits per heavy atom. The zero-order valence-corrected chi connectivity index (χ0v) is 18.4. The Labute approximate surface area is 185 Å². The van der Waals surface area contributed by atoms with Crippen LogP contribution in [0.15, 0.2) is 42.5 Å². The van der Waals surface area contributed by atoms with Crippen molar-refractivity contribution in [2.24, 2.45) is 5.92 Å². The van der Waals surface area contributed by atoms with E-state index in [0.717, 1.165) is 18.6 Å². The fraction of sp³-hybridized carbons (Fsp3) is 0.375. The molecule has 168 valence electrons. The molecule has 1 aliphatic rings. The number of amides is 1. The topological polar surface area (TPSA) is 58.6 Å². The van der Waals surface area contributed by atoms with Crippen LogP contribution in [-0.4, -0.2) is 46.5 Å². The monoisotopic (exact) mass is 440 g/mol. The number of benzene rings is 2. The fourth-order valence-corrected chi connectivity index (χ4v) is 4.02. The van der Waals surface area contributed by atoms with E-state index in [1.165, 1.54) is 0 Å². The van der Waals surface area contributed by atoms with E-state index in [0.29, 0.717) is 31.2 Å². The molecule has 1 aliphatic heterocycles. The summed E-state index contributed by atoms with van der Waals surface area (Å²) in [5.41, 5.74) is 0.452. The number of fused-ring (bicyclic) bond motifs is 1. The summed E-state index contributed by atoms with van der Waals surface area (Å²) in [6.07, 6.45) is 0.772. The van der Waals surface area contributed by atoms with Gasteiger partial charge in [0.1, 0.15) is 5.75 Å². The molecule has 32 heavy (non-hydrogen) atoms. The Balaban J connectivity index is 1.71. The van der Waals surface area contributed by atoms with Crippen molar-refractivity contribution in [2.45, 2.75) is 33.2 Å². The third-order valence-corrected chi connectivity index (χ3v) is 5.64. The van der Waals surface area contributed by atoms with Crippen molar-refractivity contribution in [1.29, 1.82) is 0 Å². The Morgan fingerprint density at radius 1 is 1.16 bits per heavy atom. The van der Waals surface area contributed by atoms with Crippen LogP contribution in [0.5, 0.6) is 11.6 Å². The molecule has 2 aromatic carbocycles. The molecular weight excluding hydrogens is 414 g/mol. The molecular formula is C24H26F2N4O2. The summed E-state index contributed by atoms with van der Waals surface area (Å²) in [5, 5.41) is 0. The molecule has 1 atom stereocenters. The first-order chi connectivity index (χ1) is 15.4. The van der Waals surface area contributed by atoms with Gasteiger partial charge in [-0.3, -0.25) is 4.79 Å². The summed E-state index contributed by atoms with van der Waals surface area (Å²) >= 11 is 0. The van der Waals surface area contributed by atoms with E-state index in [2.05, 4.69) is 9.97 Å². The van der Waals surface area contributed by atoms with Gasteiger partial charge in [0, 0.05) is 37.7 Å². The quantitative estimate of drug-likeness (QED) is 0.552. The number of carbonyl (C=O) groups excluding carboxylic acids is 1. The third-order valence-electron chi connectivity index (χ3n) is 5.64. The van der Waals surface area contributed by atoms with Crippen LogP contribution in [0.3, 0.4) is 0 Å². The second kappa shape index (κ2) is 9.06. The summed E-state index contributed by atoms with van der Waals surface area (Å²) in [6, 6.07) is 11.2. The number of anilines is 1. The maximum atomic E-state index is 13.9. The first-order valence-electron chi connectivity index (χ1n) is 10.8. The zero-order chi connectivity index (χ0) is 22.8. The number of nitrogens with zero attached hydrogens (tertiary/aromatic N) is 4. The molecule has 1 saturated heterocycles. The smallest absolute Gasteiger partial charge is 0.263 e. The van der Waals surface area contributed by atoms with Gasteiger partial charge in [-0.15, -0.1) is 0 Å². The molecule has 3 aromatic rings. The molecule has 0 bridgehead atoms. The predicted molar refractivity (Wildman–Crippen MR) is 119 cm³/mol. The number of ether oxygens (including phenoxy) is 1. The SMILES string of the molecule is CCN(C(=O)C(C)C)[C@H]1CCN(c2nc3cc(F)c(F)cc3nc2Oc2ccccc2)C1. The van der Waals surface area contributed by atoms with Gasteiger partial charge in [-0.2, -0.15) is 0 Å². The molecule has 0 N–H and O–H groups in total. The zero-order valence-electron chi connectivity index (χ0n) is 18.4. The second-order valence-electron chi connectivity index (χ2n) is 8.19. The Kier molecular flexibility index (Phi) is 6.21. The van der Waals surface area contributed by atoms with Crippen LogP contribution in [0.1, 0.15) is 27.2 Å². The van der Waals surface area contributed by atoms with Crippen molar-refractivity contribution in [3.8, 4) is 11.6 Å². The average Bonchev–Trinajstić information content (AvgIpc) is 3.25. The van der Waals surface area contributed by atoms with E-state index in [9.17, 15) is 13.6 Å². The summed E-state index contributed by atoms with van der Waals surface area (Å²) in [6.45, 7) is 7.58. The fourth-order valence-electron chi connectivity index (χ4n) is 4.02. The Morgan fingerprint density at radius 2 is 1.81 bits per heavy atom. The normalized spacial score (nSPS) is 16.1. The lowest BCUT2D eigenvalue weighted by Gasteiger charge is -2.29. The van der Waals surface area contributed by atoms with Crippen LogP contribution >= 0.6 is 0 Å². The van der Waals surface area contributed by atoms with Gasteiger partial charge in [0.2, 0.25) is 5.91 Å². The summed E-state index contributed by atoms with van der Waals surface area (Å²) in [4.78, 5) is 25.6. The number of hydrogen-bond donors (Lipinski definition) is 0. The van der Waals surface area contributed by atoms with Crippen molar-refractivity contribution in [3.63, 3.8) is 0 Å². The van der Waals surface area contributed by atoms with Crippen LogP contribution in [-0.2, 0) is 4.79 Å². The lowest BCUT2D eigenvalue weighted by molar-refractivity contribution is -0.136. The first-order valence-corrected chi connectivity index (χ1v) is 10.8. The number of likely N-dealkylation sites (N-methyl/N-ethyl adjacent to an activating group) is 1. The van der Waals surface area contributed by atoms with E-state index in [4.69, 9.17) is 4.74 Å². The highest BCUT2D eigenvalue weighted by Gasteiger charge is 2.33. The highest BCUT2D eigenvalue weighted by atomic mass is 19.2. The molecule has 0 radical (unpaired) electrons. The molecule has 0 saturated carbocycles. The maximum Gasteiger partial charge on any atom is 0.263 e. The van der Waals surface area contributed by atoms with E-state index < -0.39 is 11.6 Å². The summed E-state index contributed by atoms with van der Waals surface area (Å²) in [7, 11) is 0. The van der Waals surface area contributed by atoms with Crippen LogP contribution in [0, 0.1) is 17.6 Å². The number of rotatable bonds is 6. The molecule has 1 amide bonds. The third kappa shape index (κ3) is 4.35. The van der Waals surface area contributed by atoms with E-state index in [1.807, 2.05) is 48.8 Å². The van der Waals surface area contributed by atoms with Crippen LogP contribution in [0.25, 0.3) is 11.0 Å². The molecule has 0 aliphatic carbocycles.